The molecule has 0 saturated carbocycles. The minimum atomic E-state index is -1.58. The highest BCUT2D eigenvalue weighted by Gasteiger charge is 2.12. The van der Waals surface area contributed by atoms with E-state index in [1.165, 1.54) is 18.3 Å². The molecule has 1 aromatic heterocycles. The van der Waals surface area contributed by atoms with Gasteiger partial charge in [-0.3, -0.25) is 4.79 Å². The molecule has 0 aliphatic heterocycles. The number of carbonyl (C=O) groups is 2. The summed E-state index contributed by atoms with van der Waals surface area (Å²) in [7, 11) is 0. The van der Waals surface area contributed by atoms with Crippen molar-refractivity contribution in [2.75, 3.05) is 0 Å². The number of aromatic nitrogens is 1. The fourth-order valence-corrected chi connectivity index (χ4v) is 1.80. The molecule has 5 nitrogen and oxygen atoms in total. The molecule has 1 aromatic carbocycles. The number of aliphatic hydroxyl groups excluding tert-OH is 1. The molecule has 0 bridgehead atoms. The Kier molecular flexibility index (Phi) is 4.18. The van der Waals surface area contributed by atoms with Crippen molar-refractivity contribution in [2.24, 2.45) is 0 Å². The molecule has 6 heteroatoms. The summed E-state index contributed by atoms with van der Waals surface area (Å²) in [5, 5.41) is 17.5. The maximum Gasteiger partial charge on any atom is 0.371 e. The SMILES string of the molecule is O=C(O)C(O)=CC(=O)c1c[nH]c(Cc2ccccc2F)c1. The summed E-state index contributed by atoms with van der Waals surface area (Å²) in [5.41, 5.74) is 1.27. The molecule has 0 spiro atoms. The smallest absolute Gasteiger partial charge is 0.371 e. The molecule has 21 heavy (non-hydrogen) atoms. The number of ketones is 1. The van der Waals surface area contributed by atoms with Crippen LogP contribution < -0.4 is 0 Å². The number of hydrogen-bond donors (Lipinski definition) is 3. The molecule has 0 atom stereocenters. The highest BCUT2D eigenvalue weighted by molar-refractivity contribution is 6.07. The average Bonchev–Trinajstić information content (AvgIpc) is 2.90. The molecule has 0 amide bonds. The number of carboxylic acids is 1. The third-order valence-electron chi connectivity index (χ3n) is 2.85. The predicted molar refractivity (Wildman–Crippen MR) is 72.7 cm³/mol. The van der Waals surface area contributed by atoms with Crippen molar-refractivity contribution in [1.82, 2.24) is 4.98 Å². The van der Waals surface area contributed by atoms with Crippen LogP contribution in [0.2, 0.25) is 0 Å². The second kappa shape index (κ2) is 6.04. The highest BCUT2D eigenvalue weighted by atomic mass is 19.1. The van der Waals surface area contributed by atoms with Crippen LogP contribution in [0.4, 0.5) is 4.39 Å². The van der Waals surface area contributed by atoms with Crippen LogP contribution in [0, 0.1) is 5.82 Å². The summed E-state index contributed by atoms with van der Waals surface area (Å²) in [5.74, 6) is -3.60. The zero-order chi connectivity index (χ0) is 15.4. The van der Waals surface area contributed by atoms with Gasteiger partial charge in [-0.25, -0.2) is 9.18 Å². The minimum Gasteiger partial charge on any atom is -0.502 e. The number of rotatable bonds is 5. The summed E-state index contributed by atoms with van der Waals surface area (Å²) in [6.45, 7) is 0. The lowest BCUT2D eigenvalue weighted by molar-refractivity contribution is -0.135. The molecule has 3 N–H and O–H groups in total. The number of nitrogens with one attached hydrogen (secondary N) is 1. The first-order valence-electron chi connectivity index (χ1n) is 6.06. The molecule has 2 aromatic rings. The van der Waals surface area contributed by atoms with Crippen molar-refractivity contribution in [2.45, 2.75) is 6.42 Å². The van der Waals surface area contributed by atoms with Gasteiger partial charge in [-0.1, -0.05) is 18.2 Å². The largest absolute Gasteiger partial charge is 0.502 e. The van der Waals surface area contributed by atoms with E-state index in [4.69, 9.17) is 10.2 Å². The summed E-state index contributed by atoms with van der Waals surface area (Å²) in [6, 6.07) is 7.76. The summed E-state index contributed by atoms with van der Waals surface area (Å²) in [4.78, 5) is 24.9. The zero-order valence-electron chi connectivity index (χ0n) is 10.8. The molecular formula is C15H12FNO4. The van der Waals surface area contributed by atoms with Crippen LogP contribution in [0.5, 0.6) is 0 Å². The second-order valence-electron chi connectivity index (χ2n) is 4.38. The fraction of sp³-hybridized carbons (Fsp3) is 0.0667. The number of aliphatic carboxylic acids is 1. The number of aromatic amines is 1. The monoisotopic (exact) mass is 289 g/mol. The van der Waals surface area contributed by atoms with Crippen LogP contribution >= 0.6 is 0 Å². The summed E-state index contributed by atoms with van der Waals surface area (Å²) < 4.78 is 13.5. The number of benzene rings is 1. The van der Waals surface area contributed by atoms with Crippen LogP contribution in [0.3, 0.4) is 0 Å². The van der Waals surface area contributed by atoms with Gasteiger partial charge in [0.15, 0.2) is 5.78 Å². The maximum absolute atomic E-state index is 13.5. The lowest BCUT2D eigenvalue weighted by atomic mass is 10.1. The van der Waals surface area contributed by atoms with Crippen molar-refractivity contribution in [1.29, 1.82) is 0 Å². The van der Waals surface area contributed by atoms with Crippen LogP contribution in [0.15, 0.2) is 48.4 Å². The molecule has 0 fully saturated rings. The van der Waals surface area contributed by atoms with E-state index < -0.39 is 17.5 Å². The predicted octanol–water partition coefficient (Wildman–Crippen LogP) is 2.45. The standard InChI is InChI=1S/C15H12FNO4/c16-12-4-2-1-3-9(12)5-11-6-10(8-17-11)13(18)7-14(19)15(20)21/h1-4,6-8,17,19H,5H2,(H,20,21). The lowest BCUT2D eigenvalue weighted by Gasteiger charge is -2.00. The number of aliphatic hydroxyl groups is 1. The van der Waals surface area contributed by atoms with Crippen molar-refractivity contribution in [3.8, 4) is 0 Å². The van der Waals surface area contributed by atoms with Gasteiger partial charge in [-0.15, -0.1) is 0 Å². The Labute approximate surface area is 119 Å². The van der Waals surface area contributed by atoms with Crippen molar-refractivity contribution >= 4 is 11.8 Å². The van der Waals surface area contributed by atoms with Gasteiger partial charge in [-0.2, -0.15) is 0 Å². The third-order valence-corrected chi connectivity index (χ3v) is 2.85. The van der Waals surface area contributed by atoms with E-state index >= 15 is 0 Å². The van der Waals surface area contributed by atoms with Crippen LogP contribution in [0.1, 0.15) is 21.6 Å². The van der Waals surface area contributed by atoms with Gasteiger partial charge in [0, 0.05) is 30.0 Å². The number of H-pyrrole nitrogens is 1. The first-order chi connectivity index (χ1) is 9.97. The minimum absolute atomic E-state index is 0.189. The van der Waals surface area contributed by atoms with E-state index in [-0.39, 0.29) is 17.8 Å². The Morgan fingerprint density at radius 3 is 2.62 bits per heavy atom. The molecule has 0 aliphatic rings. The summed E-state index contributed by atoms with van der Waals surface area (Å²) >= 11 is 0. The van der Waals surface area contributed by atoms with Gasteiger partial charge >= 0.3 is 5.97 Å². The molecule has 0 radical (unpaired) electrons. The van der Waals surface area contributed by atoms with E-state index in [0.717, 1.165) is 0 Å². The fourth-order valence-electron chi connectivity index (χ4n) is 1.80. The number of carboxylic acid groups (broad SMARTS) is 1. The van der Waals surface area contributed by atoms with E-state index in [1.54, 1.807) is 18.2 Å². The first kappa shape index (κ1) is 14.5. The van der Waals surface area contributed by atoms with Crippen molar-refractivity contribution in [3.05, 3.63) is 71.0 Å². The van der Waals surface area contributed by atoms with Gasteiger partial charge in [0.05, 0.1) is 0 Å². The second-order valence-corrected chi connectivity index (χ2v) is 4.38. The molecule has 0 saturated heterocycles. The summed E-state index contributed by atoms with van der Waals surface area (Å²) in [6.07, 6.45) is 2.27. The number of allylic oxidation sites excluding steroid dienone is 1. The zero-order valence-corrected chi connectivity index (χ0v) is 10.8. The van der Waals surface area contributed by atoms with Gasteiger partial charge in [0.25, 0.3) is 0 Å². The maximum atomic E-state index is 13.5. The molecular weight excluding hydrogens is 277 g/mol. The van der Waals surface area contributed by atoms with Crippen LogP contribution in [-0.4, -0.2) is 26.9 Å². The van der Waals surface area contributed by atoms with E-state index in [0.29, 0.717) is 17.3 Å². The number of halogens is 1. The van der Waals surface area contributed by atoms with Gasteiger partial charge in [0.1, 0.15) is 5.82 Å². The third kappa shape index (κ3) is 3.56. The molecule has 108 valence electrons. The van der Waals surface area contributed by atoms with E-state index in [9.17, 15) is 14.0 Å². The topological polar surface area (TPSA) is 90.4 Å². The van der Waals surface area contributed by atoms with E-state index in [2.05, 4.69) is 4.98 Å². The Bertz CT molecular complexity index is 718. The van der Waals surface area contributed by atoms with Gasteiger partial charge < -0.3 is 15.2 Å². The number of hydrogen-bond acceptors (Lipinski definition) is 3. The van der Waals surface area contributed by atoms with Crippen LogP contribution in [-0.2, 0) is 11.2 Å². The normalized spacial score (nSPS) is 11.4. The Morgan fingerprint density at radius 2 is 1.95 bits per heavy atom. The lowest BCUT2D eigenvalue weighted by Crippen LogP contribution is -2.03. The first-order valence-corrected chi connectivity index (χ1v) is 6.06. The quantitative estimate of drug-likeness (QED) is 0.448. The van der Waals surface area contributed by atoms with Crippen LogP contribution in [0.25, 0.3) is 0 Å². The van der Waals surface area contributed by atoms with Gasteiger partial charge in [-0.05, 0) is 17.7 Å². The Morgan fingerprint density at radius 1 is 1.24 bits per heavy atom. The molecule has 2 rings (SSSR count). The molecule has 0 unspecified atom stereocenters. The van der Waals surface area contributed by atoms with Gasteiger partial charge in [0.2, 0.25) is 5.76 Å². The molecule has 1 heterocycles. The van der Waals surface area contributed by atoms with E-state index in [1.807, 2.05) is 0 Å². The average molecular weight is 289 g/mol. The molecule has 0 aliphatic carbocycles. The Hall–Kier alpha value is -2.89. The number of carbonyl (C=O) groups excluding carboxylic acids is 1. The Balaban J connectivity index is 2.15. The van der Waals surface area contributed by atoms with Crippen molar-refractivity contribution < 1.29 is 24.2 Å². The van der Waals surface area contributed by atoms with Crippen molar-refractivity contribution in [3.63, 3.8) is 0 Å². The highest BCUT2D eigenvalue weighted by Crippen LogP contribution is 2.14.